The zero-order chi connectivity index (χ0) is 22.6. The van der Waals surface area contributed by atoms with Gasteiger partial charge in [0.25, 0.3) is 5.91 Å². The van der Waals surface area contributed by atoms with Crippen LogP contribution in [0.4, 0.5) is 0 Å². The van der Waals surface area contributed by atoms with Gasteiger partial charge >= 0.3 is 0 Å². The minimum Gasteiger partial charge on any atom is -0.485 e. The van der Waals surface area contributed by atoms with Crippen LogP contribution in [0.15, 0.2) is 48.5 Å². The molecule has 0 saturated carbocycles. The molecule has 2 atom stereocenters. The highest BCUT2D eigenvalue weighted by molar-refractivity contribution is 7.89. The first-order chi connectivity index (χ1) is 14.6. The number of rotatable bonds is 8. The number of aliphatic hydroxyl groups excluding tert-OH is 1. The van der Waals surface area contributed by atoms with Crippen molar-refractivity contribution in [1.29, 1.82) is 0 Å². The van der Waals surface area contributed by atoms with Gasteiger partial charge in [-0.2, -0.15) is 0 Å². The van der Waals surface area contributed by atoms with Crippen molar-refractivity contribution in [3.8, 4) is 5.75 Å². The van der Waals surface area contributed by atoms with Crippen molar-refractivity contribution in [3.63, 3.8) is 0 Å². The Hall–Kier alpha value is -2.42. The molecule has 0 spiro atoms. The van der Waals surface area contributed by atoms with Crippen LogP contribution < -0.4 is 14.8 Å². The summed E-state index contributed by atoms with van der Waals surface area (Å²) >= 11 is 0. The van der Waals surface area contributed by atoms with Gasteiger partial charge in [-0.3, -0.25) is 4.79 Å². The molecule has 1 aliphatic rings. The van der Waals surface area contributed by atoms with Crippen molar-refractivity contribution >= 4 is 15.9 Å². The zero-order valence-corrected chi connectivity index (χ0v) is 18.9. The Kier molecular flexibility index (Phi) is 7.03. The van der Waals surface area contributed by atoms with Crippen molar-refractivity contribution in [2.45, 2.75) is 51.4 Å². The topological polar surface area (TPSA) is 105 Å². The molecule has 0 unspecified atom stereocenters. The summed E-state index contributed by atoms with van der Waals surface area (Å²) < 4.78 is 33.3. The first-order valence-corrected chi connectivity index (χ1v) is 12.1. The third-order valence-corrected chi connectivity index (χ3v) is 6.89. The van der Waals surface area contributed by atoms with Gasteiger partial charge in [-0.25, -0.2) is 13.1 Å². The van der Waals surface area contributed by atoms with Crippen LogP contribution in [0, 0.1) is 0 Å². The number of benzene rings is 2. The van der Waals surface area contributed by atoms with E-state index >= 15 is 0 Å². The van der Waals surface area contributed by atoms with Crippen LogP contribution in [-0.2, 0) is 16.4 Å². The molecule has 3 N–H and O–H groups in total. The van der Waals surface area contributed by atoms with E-state index in [9.17, 15) is 18.3 Å². The first-order valence-electron chi connectivity index (χ1n) is 10.5. The molecule has 168 valence electrons. The summed E-state index contributed by atoms with van der Waals surface area (Å²) in [5.41, 5.74) is 0.952. The van der Waals surface area contributed by atoms with Crippen molar-refractivity contribution in [1.82, 2.24) is 10.0 Å². The first kappa shape index (κ1) is 23.2. The number of amides is 1. The van der Waals surface area contributed by atoms with Gasteiger partial charge in [0.15, 0.2) is 0 Å². The predicted octanol–water partition coefficient (Wildman–Crippen LogP) is 2.56. The number of nitrogens with one attached hydrogen (secondary N) is 2. The molecule has 0 bridgehead atoms. The molecule has 7 nitrogen and oxygen atoms in total. The SMILES string of the molecule is CCCS(=O)(=O)N[C@@H]1c2cc(C(=O)NCCc3ccccc3)ccc2OC(C)(C)[C@H]1O. The van der Waals surface area contributed by atoms with E-state index in [2.05, 4.69) is 10.0 Å². The fraction of sp³-hybridized carbons (Fsp3) is 0.435. The van der Waals surface area contributed by atoms with Gasteiger partial charge in [0.05, 0.1) is 11.8 Å². The number of carbonyl (C=O) groups excluding carboxylic acids is 1. The second-order valence-corrected chi connectivity index (χ2v) is 10.2. The second-order valence-electron chi connectivity index (χ2n) is 8.31. The molecule has 0 aromatic heterocycles. The van der Waals surface area contributed by atoms with E-state index in [1.165, 1.54) is 0 Å². The van der Waals surface area contributed by atoms with E-state index in [1.807, 2.05) is 30.3 Å². The monoisotopic (exact) mass is 446 g/mol. The van der Waals surface area contributed by atoms with Gasteiger partial charge < -0.3 is 15.2 Å². The maximum absolute atomic E-state index is 12.7. The zero-order valence-electron chi connectivity index (χ0n) is 18.1. The van der Waals surface area contributed by atoms with Gasteiger partial charge in [0.1, 0.15) is 17.5 Å². The maximum Gasteiger partial charge on any atom is 0.251 e. The molecule has 31 heavy (non-hydrogen) atoms. The molecule has 0 fully saturated rings. The van der Waals surface area contributed by atoms with Gasteiger partial charge in [0.2, 0.25) is 10.0 Å². The lowest BCUT2D eigenvalue weighted by molar-refractivity contribution is -0.0603. The van der Waals surface area contributed by atoms with Crippen molar-refractivity contribution in [2.75, 3.05) is 12.3 Å². The molecule has 3 rings (SSSR count). The van der Waals surface area contributed by atoms with Gasteiger partial charge in [0, 0.05) is 17.7 Å². The van der Waals surface area contributed by atoms with Crippen LogP contribution >= 0.6 is 0 Å². The number of hydrogen-bond acceptors (Lipinski definition) is 5. The molecule has 2 aromatic rings. The molecule has 2 aromatic carbocycles. The second kappa shape index (κ2) is 9.38. The Morgan fingerprint density at radius 3 is 2.55 bits per heavy atom. The van der Waals surface area contributed by atoms with Gasteiger partial charge in [-0.05, 0) is 50.5 Å². The summed E-state index contributed by atoms with van der Waals surface area (Å²) in [7, 11) is -3.60. The fourth-order valence-corrected chi connectivity index (χ4v) is 4.96. The summed E-state index contributed by atoms with van der Waals surface area (Å²) in [5.74, 6) is 0.125. The Labute approximate surface area is 183 Å². The summed E-state index contributed by atoms with van der Waals surface area (Å²) in [6.07, 6.45) is 0.0323. The molecule has 0 radical (unpaired) electrons. The molecule has 1 amide bonds. The number of carbonyl (C=O) groups is 1. The summed E-state index contributed by atoms with van der Waals surface area (Å²) in [6, 6.07) is 13.8. The minimum atomic E-state index is -3.60. The van der Waals surface area contributed by atoms with Crippen LogP contribution in [-0.4, -0.2) is 43.4 Å². The predicted molar refractivity (Wildman–Crippen MR) is 120 cm³/mol. The molecule has 1 heterocycles. The van der Waals surface area contributed by atoms with Crippen LogP contribution in [0.2, 0.25) is 0 Å². The van der Waals surface area contributed by atoms with E-state index in [1.54, 1.807) is 39.0 Å². The van der Waals surface area contributed by atoms with Crippen LogP contribution in [0.1, 0.15) is 54.7 Å². The van der Waals surface area contributed by atoms with Crippen molar-refractivity contribution in [3.05, 3.63) is 65.2 Å². The number of hydrogen-bond donors (Lipinski definition) is 3. The molecule has 0 saturated heterocycles. The highest BCUT2D eigenvalue weighted by atomic mass is 32.2. The van der Waals surface area contributed by atoms with E-state index < -0.39 is 27.8 Å². The highest BCUT2D eigenvalue weighted by Gasteiger charge is 2.44. The molecule has 1 aliphatic heterocycles. The normalized spacial score (nSPS) is 19.9. The van der Waals surface area contributed by atoms with Crippen molar-refractivity contribution < 1.29 is 23.1 Å². The molecule has 0 aliphatic carbocycles. The fourth-order valence-electron chi connectivity index (χ4n) is 3.66. The third-order valence-electron chi connectivity index (χ3n) is 5.33. The highest BCUT2D eigenvalue weighted by Crippen LogP contribution is 2.40. The number of fused-ring (bicyclic) bond motifs is 1. The Balaban J connectivity index is 1.81. The number of aliphatic hydroxyl groups is 1. The Morgan fingerprint density at radius 1 is 1.16 bits per heavy atom. The number of ether oxygens (including phenoxy) is 1. The smallest absolute Gasteiger partial charge is 0.251 e. The summed E-state index contributed by atoms with van der Waals surface area (Å²) in [4.78, 5) is 12.7. The van der Waals surface area contributed by atoms with E-state index in [0.29, 0.717) is 36.3 Å². The Morgan fingerprint density at radius 2 is 1.87 bits per heavy atom. The lowest BCUT2D eigenvalue weighted by Crippen LogP contribution is -2.53. The van der Waals surface area contributed by atoms with Gasteiger partial charge in [-0.1, -0.05) is 37.3 Å². The largest absolute Gasteiger partial charge is 0.485 e. The van der Waals surface area contributed by atoms with E-state index in [-0.39, 0.29) is 11.7 Å². The summed E-state index contributed by atoms with van der Waals surface area (Å²) in [6.45, 7) is 5.64. The maximum atomic E-state index is 12.7. The minimum absolute atomic E-state index is 0.0491. The van der Waals surface area contributed by atoms with Gasteiger partial charge in [-0.15, -0.1) is 0 Å². The van der Waals surface area contributed by atoms with E-state index in [4.69, 9.17) is 4.74 Å². The molecule has 8 heteroatoms. The van der Waals surface area contributed by atoms with Crippen LogP contribution in [0.3, 0.4) is 0 Å². The third kappa shape index (κ3) is 5.64. The average Bonchev–Trinajstić information content (AvgIpc) is 2.71. The van der Waals surface area contributed by atoms with Crippen molar-refractivity contribution in [2.24, 2.45) is 0 Å². The quantitative estimate of drug-likeness (QED) is 0.578. The molecular weight excluding hydrogens is 416 g/mol. The number of sulfonamides is 1. The lowest BCUT2D eigenvalue weighted by Gasteiger charge is -2.42. The summed E-state index contributed by atoms with van der Waals surface area (Å²) in [5, 5.41) is 13.7. The average molecular weight is 447 g/mol. The Bertz CT molecular complexity index is 1020. The standard InChI is InChI=1S/C23H30N2O5S/c1-4-14-31(28,29)25-20-18-15-17(10-11-19(18)30-23(2,3)21(20)26)22(27)24-13-12-16-8-6-5-7-9-16/h5-11,15,20-21,25-26H,4,12-14H2,1-3H3,(H,24,27)/t20-,21+/m1/s1. The van der Waals surface area contributed by atoms with E-state index in [0.717, 1.165) is 5.56 Å². The van der Waals surface area contributed by atoms with Crippen LogP contribution in [0.25, 0.3) is 0 Å². The van der Waals surface area contributed by atoms with Crippen LogP contribution in [0.5, 0.6) is 5.75 Å². The molecular formula is C23H30N2O5S. The lowest BCUT2D eigenvalue weighted by atomic mass is 9.86.